The molecule has 4 N–H and O–H groups in total. The Balaban J connectivity index is -0.0000000779. The topological polar surface area (TPSA) is 127 Å². The first-order chi connectivity index (χ1) is 5.54. The van der Waals surface area contributed by atoms with Gasteiger partial charge in [0.2, 0.25) is 5.03 Å². The van der Waals surface area contributed by atoms with Crippen molar-refractivity contribution in [2.45, 2.75) is 5.03 Å². The number of carbonyl (C=O) groups is 1. The predicted molar refractivity (Wildman–Crippen MR) is 51.2 cm³/mol. The second kappa shape index (κ2) is 14.4. The molecule has 9 heteroatoms. The fourth-order valence-electron chi connectivity index (χ4n) is 0.419. The Bertz CT molecular complexity index is 254. The van der Waals surface area contributed by atoms with E-state index in [4.69, 9.17) is 15.0 Å². The van der Waals surface area contributed by atoms with Crippen molar-refractivity contribution in [1.29, 1.82) is 0 Å². The molecule has 76 valence electrons. The van der Waals surface area contributed by atoms with Crippen LogP contribution in [0.5, 0.6) is 0 Å². The molecule has 0 aliphatic heterocycles. The summed E-state index contributed by atoms with van der Waals surface area (Å²) in [5, 5.41) is 27.5. The number of quaternary nitrogens is 1. The number of carbonyl (C=O) groups excluding carboxylic acids is 1. The number of hydrogen-bond donors (Lipinski definition) is 2. The van der Waals surface area contributed by atoms with E-state index in [1.54, 1.807) is 18.2 Å². The summed E-state index contributed by atoms with van der Waals surface area (Å²) >= 11 is 3.85. The third-order valence-corrected chi connectivity index (χ3v) is 1.15. The van der Waals surface area contributed by atoms with Crippen LogP contribution in [0.3, 0.4) is 0 Å². The number of hydrogen-bond acceptors (Lipinski definition) is 5. The summed E-state index contributed by atoms with van der Waals surface area (Å²) in [7, 11) is 0. The van der Waals surface area contributed by atoms with Crippen LogP contribution < -0.4 is 21.1 Å². The van der Waals surface area contributed by atoms with Gasteiger partial charge >= 0.3 is 55.8 Å². The van der Waals surface area contributed by atoms with Gasteiger partial charge in [-0.3, -0.25) is 0 Å². The van der Waals surface area contributed by atoms with Gasteiger partial charge in [-0.05, 0) is 12.2 Å². The molecule has 0 aliphatic rings. The van der Waals surface area contributed by atoms with Crippen LogP contribution in [-0.2, 0) is 26.2 Å². The van der Waals surface area contributed by atoms with Crippen molar-refractivity contribution in [2.24, 2.45) is 0 Å². The van der Waals surface area contributed by atoms with Crippen LogP contribution in [0.2, 0.25) is 0 Å². The molecule has 0 aromatic carbocycles. The second-order valence-corrected chi connectivity index (χ2v) is 2.09. The quantitative estimate of drug-likeness (QED) is 0.245. The van der Waals surface area contributed by atoms with Gasteiger partial charge in [0.15, 0.2) is 6.20 Å². The summed E-state index contributed by atoms with van der Waals surface area (Å²) in [6, 6.07) is 5.06. The van der Waals surface area contributed by atoms with Crippen LogP contribution in [0, 0.1) is 5.21 Å². The monoisotopic (exact) mass is 319 g/mol. The van der Waals surface area contributed by atoms with E-state index < -0.39 is 6.16 Å². The van der Waals surface area contributed by atoms with Crippen LogP contribution in [0.4, 0.5) is 4.79 Å². The van der Waals surface area contributed by atoms with Gasteiger partial charge in [0.25, 0.3) is 0 Å². The normalized spacial score (nSPS) is 6.47. The van der Waals surface area contributed by atoms with E-state index in [-0.39, 0.29) is 61.9 Å². The Morgan fingerprint density at radius 1 is 1.33 bits per heavy atom. The Morgan fingerprint density at radius 3 is 1.93 bits per heavy atom. The molecule has 0 fully saturated rings. The van der Waals surface area contributed by atoms with Crippen molar-refractivity contribution in [3.63, 3.8) is 0 Å². The van der Waals surface area contributed by atoms with Crippen molar-refractivity contribution in [3.8, 4) is 0 Å². The minimum Gasteiger partial charge on any atom is -0.618 e. The molecule has 0 bridgehead atoms. The number of pyridine rings is 1. The zero-order chi connectivity index (χ0) is 9.56. The number of rotatable bonds is 0. The van der Waals surface area contributed by atoms with Crippen LogP contribution in [0.1, 0.15) is 0 Å². The molecule has 0 unspecified atom stereocenters. The number of thiol groups is 1. The van der Waals surface area contributed by atoms with Gasteiger partial charge in [-0.15, -0.1) is 0 Å². The molecule has 1 aromatic rings. The van der Waals surface area contributed by atoms with Crippen molar-refractivity contribution in [1.82, 2.24) is 6.15 Å². The van der Waals surface area contributed by atoms with Crippen LogP contribution in [0.25, 0.3) is 0 Å². The van der Waals surface area contributed by atoms with E-state index in [9.17, 15) is 5.21 Å². The number of carboxylic acid groups (broad SMARTS) is 2. The van der Waals surface area contributed by atoms with E-state index in [1.165, 1.54) is 6.20 Å². The Labute approximate surface area is 134 Å². The van der Waals surface area contributed by atoms with Crippen LogP contribution in [0.15, 0.2) is 29.4 Å². The fourth-order valence-corrected chi connectivity index (χ4v) is 0.572. The molecule has 1 rings (SSSR count). The molecule has 0 atom stereocenters. The summed E-state index contributed by atoms with van der Waals surface area (Å²) in [5.74, 6) is 0. The Hall–Kier alpha value is 0.413. The largest absolute Gasteiger partial charge is 4.00 e. The fraction of sp³-hybridized carbons (Fsp3) is 0. The minimum absolute atomic E-state index is 0. The smallest absolute Gasteiger partial charge is 0.618 e. The molecular formula is C6H10N2NaO4SZr+3. The van der Waals surface area contributed by atoms with Crippen molar-refractivity contribution in [3.05, 3.63) is 29.6 Å². The molecule has 0 saturated carbocycles. The summed E-state index contributed by atoms with van der Waals surface area (Å²) in [6.45, 7) is 0. The van der Waals surface area contributed by atoms with Gasteiger partial charge < -0.3 is 26.4 Å². The van der Waals surface area contributed by atoms with Crippen molar-refractivity contribution < 1.29 is 45.9 Å². The maximum Gasteiger partial charge on any atom is 4.00 e. The van der Waals surface area contributed by atoms with Crippen LogP contribution >= 0.6 is 12.6 Å². The first-order valence-corrected chi connectivity index (χ1v) is 3.24. The molecule has 0 aliphatic carbocycles. The molecule has 0 amide bonds. The summed E-state index contributed by atoms with van der Waals surface area (Å²) in [4.78, 5) is 8.33. The minimum atomic E-state index is -2.33. The van der Waals surface area contributed by atoms with E-state index in [0.717, 1.165) is 0 Å². The van der Waals surface area contributed by atoms with E-state index >= 15 is 0 Å². The molecule has 0 saturated heterocycles. The first kappa shape index (κ1) is 24.6. The summed E-state index contributed by atoms with van der Waals surface area (Å²) in [5.41, 5.74) is 0. The van der Waals surface area contributed by atoms with Gasteiger partial charge in [-0.1, -0.05) is 12.6 Å². The zero-order valence-corrected chi connectivity index (χ0v) is 10.7. The molecule has 0 spiro atoms. The third kappa shape index (κ3) is 17.0. The van der Waals surface area contributed by atoms with Crippen molar-refractivity contribution >= 4 is 48.3 Å². The van der Waals surface area contributed by atoms with Gasteiger partial charge in [0.05, 0.1) is 0 Å². The summed E-state index contributed by atoms with van der Waals surface area (Å²) in [6.07, 6.45) is -0.928. The standard InChI is InChI=1S/C5H5NOS.CH2O3.H3N.Na.Zr.H/c7-6-4-2-1-3-5(6)8;2-1(3)4;;;;/h1-4,8H;(H2,2,3,4);1H3;;;/q;;;;+4;/p-1. The maximum absolute atomic E-state index is 10.5. The molecular weight excluding hydrogens is 310 g/mol. The second-order valence-electron chi connectivity index (χ2n) is 1.63. The molecule has 0 radical (unpaired) electrons. The third-order valence-electron chi connectivity index (χ3n) is 0.804. The van der Waals surface area contributed by atoms with Crippen LogP contribution in [-0.4, -0.2) is 35.7 Å². The molecule has 1 aromatic heterocycles. The van der Waals surface area contributed by atoms with E-state index in [2.05, 4.69) is 12.6 Å². The first-order valence-electron chi connectivity index (χ1n) is 2.79. The average molecular weight is 320 g/mol. The Kier molecular flexibility index (Phi) is 23.6. The number of aromatic nitrogens is 1. The SMILES string of the molecule is O=C([O-])[O-].[NH4+].[NaH].[O-][n+]1ccccc1S.[Zr+4]. The average Bonchev–Trinajstić information content (AvgIpc) is 1.94. The Morgan fingerprint density at radius 2 is 1.73 bits per heavy atom. The molecule has 1 heterocycles. The number of nitrogens with zero attached hydrogens (tertiary/aromatic N) is 1. The summed E-state index contributed by atoms with van der Waals surface area (Å²) < 4.78 is 0.698. The van der Waals surface area contributed by atoms with Crippen molar-refractivity contribution in [2.75, 3.05) is 0 Å². The van der Waals surface area contributed by atoms with Gasteiger partial charge in [0, 0.05) is 12.1 Å². The zero-order valence-electron chi connectivity index (χ0n) is 7.34. The molecule has 6 nitrogen and oxygen atoms in total. The van der Waals surface area contributed by atoms with E-state index in [1.807, 2.05) is 0 Å². The maximum atomic E-state index is 10.5. The van der Waals surface area contributed by atoms with E-state index in [0.29, 0.717) is 9.76 Å². The molecule has 15 heavy (non-hydrogen) atoms. The predicted octanol–water partition coefficient (Wildman–Crippen LogP) is -2.11. The van der Waals surface area contributed by atoms with Gasteiger partial charge in [-0.25, -0.2) is 0 Å². The van der Waals surface area contributed by atoms with Gasteiger partial charge in [0.1, 0.15) is 0 Å². The van der Waals surface area contributed by atoms with Gasteiger partial charge in [-0.2, -0.15) is 4.73 Å².